The Morgan fingerprint density at radius 2 is 2.06 bits per heavy atom. The maximum absolute atomic E-state index is 5.27. The van der Waals surface area contributed by atoms with Gasteiger partial charge in [0.15, 0.2) is 0 Å². The van der Waals surface area contributed by atoms with E-state index < -0.39 is 0 Å². The molecule has 1 heterocycles. The molecule has 1 aliphatic rings. The molecule has 0 amide bonds. The van der Waals surface area contributed by atoms with E-state index in [1.807, 2.05) is 0 Å². The number of hydrogen-bond acceptors (Lipinski definition) is 3. The maximum Gasteiger partial charge on any atom is 0.0615 e. The zero-order chi connectivity index (χ0) is 12.0. The topological polar surface area (TPSA) is 24.5 Å². The molecule has 1 unspecified atom stereocenters. The second-order valence-electron chi connectivity index (χ2n) is 5.04. The second kappa shape index (κ2) is 6.58. The van der Waals surface area contributed by atoms with Crippen molar-refractivity contribution in [2.24, 2.45) is 0 Å². The molecule has 1 rings (SSSR count). The van der Waals surface area contributed by atoms with E-state index in [1.165, 1.54) is 25.8 Å². The molecule has 0 aromatic rings. The smallest absolute Gasteiger partial charge is 0.0615 e. The fourth-order valence-corrected chi connectivity index (χ4v) is 2.61. The van der Waals surface area contributed by atoms with E-state index in [4.69, 9.17) is 4.74 Å². The zero-order valence-electron chi connectivity index (χ0n) is 11.4. The summed E-state index contributed by atoms with van der Waals surface area (Å²) >= 11 is 0. The SMILES string of the molecule is CCC1(CC)CN(C(C)COC)CCCN1. The monoisotopic (exact) mass is 228 g/mol. The van der Waals surface area contributed by atoms with Crippen LogP contribution >= 0.6 is 0 Å². The highest BCUT2D eigenvalue weighted by molar-refractivity contribution is 4.92. The number of methoxy groups -OCH3 is 1. The van der Waals surface area contributed by atoms with Crippen LogP contribution in [0.4, 0.5) is 0 Å². The minimum atomic E-state index is 0.318. The lowest BCUT2D eigenvalue weighted by Gasteiger charge is -2.37. The van der Waals surface area contributed by atoms with Crippen LogP contribution < -0.4 is 5.32 Å². The van der Waals surface area contributed by atoms with Crippen molar-refractivity contribution in [2.45, 2.75) is 51.6 Å². The van der Waals surface area contributed by atoms with Gasteiger partial charge in [-0.25, -0.2) is 0 Å². The summed E-state index contributed by atoms with van der Waals surface area (Å²) in [6.45, 7) is 11.2. The highest BCUT2D eigenvalue weighted by atomic mass is 16.5. The van der Waals surface area contributed by atoms with E-state index in [9.17, 15) is 0 Å². The first-order chi connectivity index (χ1) is 7.67. The Hall–Kier alpha value is -0.120. The summed E-state index contributed by atoms with van der Waals surface area (Å²) in [5, 5.41) is 3.74. The van der Waals surface area contributed by atoms with Crippen molar-refractivity contribution in [2.75, 3.05) is 33.4 Å². The van der Waals surface area contributed by atoms with Gasteiger partial charge in [-0.3, -0.25) is 4.90 Å². The van der Waals surface area contributed by atoms with Gasteiger partial charge in [0.1, 0.15) is 0 Å². The summed E-state index contributed by atoms with van der Waals surface area (Å²) in [5.41, 5.74) is 0.318. The molecule has 0 aromatic heterocycles. The van der Waals surface area contributed by atoms with Gasteiger partial charge in [0.25, 0.3) is 0 Å². The Kier molecular flexibility index (Phi) is 5.73. The van der Waals surface area contributed by atoms with Gasteiger partial charge in [-0.1, -0.05) is 13.8 Å². The van der Waals surface area contributed by atoms with Crippen molar-refractivity contribution in [1.29, 1.82) is 0 Å². The fraction of sp³-hybridized carbons (Fsp3) is 1.00. The summed E-state index contributed by atoms with van der Waals surface area (Å²) in [7, 11) is 1.79. The van der Waals surface area contributed by atoms with E-state index in [1.54, 1.807) is 7.11 Å². The van der Waals surface area contributed by atoms with Crippen LogP contribution in [0.1, 0.15) is 40.0 Å². The molecule has 3 nitrogen and oxygen atoms in total. The summed E-state index contributed by atoms with van der Waals surface area (Å²) in [5.74, 6) is 0. The molecule has 16 heavy (non-hydrogen) atoms. The van der Waals surface area contributed by atoms with Crippen LogP contribution in [0.15, 0.2) is 0 Å². The Morgan fingerprint density at radius 3 is 2.62 bits per heavy atom. The molecular formula is C13H28N2O. The predicted octanol–water partition coefficient (Wildman–Crippen LogP) is 1.88. The van der Waals surface area contributed by atoms with Crippen molar-refractivity contribution in [3.05, 3.63) is 0 Å². The molecule has 0 spiro atoms. The van der Waals surface area contributed by atoms with E-state index in [2.05, 4.69) is 31.0 Å². The van der Waals surface area contributed by atoms with Crippen LogP contribution in [0.25, 0.3) is 0 Å². The fourth-order valence-electron chi connectivity index (χ4n) is 2.61. The minimum absolute atomic E-state index is 0.318. The van der Waals surface area contributed by atoms with Crippen LogP contribution in [0, 0.1) is 0 Å². The average Bonchev–Trinajstić information content (AvgIpc) is 2.52. The maximum atomic E-state index is 5.27. The molecule has 0 bridgehead atoms. The number of hydrogen-bond donors (Lipinski definition) is 1. The van der Waals surface area contributed by atoms with Gasteiger partial charge in [0, 0.05) is 25.2 Å². The highest BCUT2D eigenvalue weighted by Gasteiger charge is 2.31. The molecule has 0 saturated carbocycles. The molecule has 3 heteroatoms. The second-order valence-corrected chi connectivity index (χ2v) is 5.04. The van der Waals surface area contributed by atoms with Gasteiger partial charge >= 0.3 is 0 Å². The summed E-state index contributed by atoms with van der Waals surface area (Å²) in [4.78, 5) is 2.58. The first-order valence-corrected chi connectivity index (χ1v) is 6.65. The Bertz CT molecular complexity index is 192. The van der Waals surface area contributed by atoms with Gasteiger partial charge in [-0.2, -0.15) is 0 Å². The lowest BCUT2D eigenvalue weighted by Crippen LogP contribution is -2.52. The van der Waals surface area contributed by atoms with Crippen molar-refractivity contribution in [3.8, 4) is 0 Å². The van der Waals surface area contributed by atoms with Crippen LogP contribution in [-0.2, 0) is 4.74 Å². The molecule has 0 radical (unpaired) electrons. The van der Waals surface area contributed by atoms with Crippen molar-refractivity contribution >= 4 is 0 Å². The lowest BCUT2D eigenvalue weighted by atomic mass is 9.92. The van der Waals surface area contributed by atoms with Crippen LogP contribution in [0.5, 0.6) is 0 Å². The third-order valence-electron chi connectivity index (χ3n) is 4.01. The van der Waals surface area contributed by atoms with E-state index >= 15 is 0 Å². The third-order valence-corrected chi connectivity index (χ3v) is 4.01. The number of rotatable bonds is 5. The molecular weight excluding hydrogens is 200 g/mol. The van der Waals surface area contributed by atoms with Crippen molar-refractivity contribution in [3.63, 3.8) is 0 Å². The first kappa shape index (κ1) is 13.9. The standard InChI is InChI=1S/C13H28N2O/c1-5-13(6-2)11-15(9-7-8-14-13)12(3)10-16-4/h12,14H,5-11H2,1-4H3. The van der Waals surface area contributed by atoms with Gasteiger partial charge < -0.3 is 10.1 Å². The summed E-state index contributed by atoms with van der Waals surface area (Å²) in [6, 6.07) is 0.530. The molecule has 1 N–H and O–H groups in total. The first-order valence-electron chi connectivity index (χ1n) is 6.65. The highest BCUT2D eigenvalue weighted by Crippen LogP contribution is 2.21. The molecule has 1 atom stereocenters. The quantitative estimate of drug-likeness (QED) is 0.777. The molecule has 0 aromatic carbocycles. The van der Waals surface area contributed by atoms with Crippen LogP contribution in [0.3, 0.4) is 0 Å². The minimum Gasteiger partial charge on any atom is -0.383 e. The normalized spacial score (nSPS) is 24.0. The van der Waals surface area contributed by atoms with Gasteiger partial charge in [-0.15, -0.1) is 0 Å². The molecule has 1 fully saturated rings. The number of ether oxygens (including phenoxy) is 1. The average molecular weight is 228 g/mol. The lowest BCUT2D eigenvalue weighted by molar-refractivity contribution is 0.0830. The van der Waals surface area contributed by atoms with E-state index in [0.29, 0.717) is 11.6 Å². The van der Waals surface area contributed by atoms with Crippen molar-refractivity contribution < 1.29 is 4.74 Å². The number of nitrogens with one attached hydrogen (secondary N) is 1. The summed E-state index contributed by atoms with van der Waals surface area (Å²) < 4.78 is 5.27. The number of nitrogens with zero attached hydrogens (tertiary/aromatic N) is 1. The van der Waals surface area contributed by atoms with Gasteiger partial charge in [-0.05, 0) is 39.3 Å². The largest absolute Gasteiger partial charge is 0.383 e. The molecule has 1 aliphatic heterocycles. The Balaban J connectivity index is 2.64. The van der Waals surface area contributed by atoms with Crippen LogP contribution in [0.2, 0.25) is 0 Å². The zero-order valence-corrected chi connectivity index (χ0v) is 11.4. The van der Waals surface area contributed by atoms with Gasteiger partial charge in [0.2, 0.25) is 0 Å². The van der Waals surface area contributed by atoms with Crippen molar-refractivity contribution in [1.82, 2.24) is 10.2 Å². The molecule has 1 saturated heterocycles. The van der Waals surface area contributed by atoms with Crippen LogP contribution in [-0.4, -0.2) is 49.8 Å². The summed E-state index contributed by atoms with van der Waals surface area (Å²) in [6.07, 6.45) is 3.66. The van der Waals surface area contributed by atoms with Gasteiger partial charge in [0.05, 0.1) is 6.61 Å². The molecule has 96 valence electrons. The Labute approximate surface area is 101 Å². The third kappa shape index (κ3) is 3.44. The van der Waals surface area contributed by atoms with E-state index in [-0.39, 0.29) is 0 Å². The Morgan fingerprint density at radius 1 is 1.38 bits per heavy atom. The molecule has 0 aliphatic carbocycles. The predicted molar refractivity (Wildman–Crippen MR) is 68.8 cm³/mol. The van der Waals surface area contributed by atoms with E-state index in [0.717, 1.165) is 19.7 Å².